The number of nitrogens with zero attached hydrogens (tertiary/aromatic N) is 3. The van der Waals surface area contributed by atoms with E-state index in [1.54, 1.807) is 0 Å². The third kappa shape index (κ3) is 4.14. The van der Waals surface area contributed by atoms with Crippen LogP contribution in [-0.4, -0.2) is 58.8 Å². The molecule has 14 heteroatoms. The van der Waals surface area contributed by atoms with Gasteiger partial charge in [0.25, 0.3) is 5.56 Å². The van der Waals surface area contributed by atoms with E-state index in [0.717, 1.165) is 0 Å². The third-order valence-electron chi connectivity index (χ3n) is 4.85. The highest BCUT2D eigenvalue weighted by atomic mass is 79.9. The lowest BCUT2D eigenvalue weighted by molar-refractivity contribution is -0.0432. The van der Waals surface area contributed by atoms with Crippen LogP contribution in [0.15, 0.2) is 26.1 Å². The zero-order chi connectivity index (χ0) is 22.3. The molecule has 0 bridgehead atoms. The predicted molar refractivity (Wildman–Crippen MR) is 115 cm³/mol. The quantitative estimate of drug-likeness (QED) is 0.168. The van der Waals surface area contributed by atoms with Crippen molar-refractivity contribution in [2.45, 2.75) is 31.4 Å². The van der Waals surface area contributed by atoms with Gasteiger partial charge in [-0.3, -0.25) is 19.8 Å². The van der Waals surface area contributed by atoms with Crippen molar-refractivity contribution in [2.75, 3.05) is 12.0 Å². The van der Waals surface area contributed by atoms with Gasteiger partial charge in [-0.25, -0.2) is 10.4 Å². The molecule has 0 unspecified atom stereocenters. The van der Waals surface area contributed by atoms with Crippen molar-refractivity contribution >= 4 is 49.0 Å². The maximum absolute atomic E-state index is 12.4. The average Bonchev–Trinajstić information content (AvgIpc) is 3.33. The number of aromatic hydroxyl groups is 2. The molecule has 166 valence electrons. The Kier molecular flexibility index (Phi) is 6.18. The second-order valence-electron chi connectivity index (χ2n) is 6.86. The Morgan fingerprint density at radius 2 is 2.10 bits per heavy atom. The minimum Gasteiger partial charge on any atom is -0.504 e. The van der Waals surface area contributed by atoms with Crippen LogP contribution in [0.1, 0.15) is 18.2 Å². The lowest BCUT2D eigenvalue weighted by Crippen LogP contribution is -2.25. The molecule has 1 aliphatic rings. The van der Waals surface area contributed by atoms with Crippen molar-refractivity contribution < 1.29 is 25.2 Å². The number of H-pyrrole nitrogens is 1. The van der Waals surface area contributed by atoms with E-state index in [4.69, 9.17) is 4.74 Å². The van der Waals surface area contributed by atoms with Crippen LogP contribution in [0, 0.1) is 0 Å². The summed E-state index contributed by atoms with van der Waals surface area (Å²) in [7, 11) is 0. The van der Waals surface area contributed by atoms with Crippen LogP contribution in [0.4, 0.5) is 5.95 Å². The zero-order valence-electron chi connectivity index (χ0n) is 15.7. The third-order valence-corrected chi connectivity index (χ3v) is 7.06. The summed E-state index contributed by atoms with van der Waals surface area (Å²) in [5.74, 6) is -0.464. The number of aromatic amines is 1. The number of halogens is 2. The number of anilines is 1. The first kappa shape index (κ1) is 22.0. The molecule has 1 aliphatic heterocycles. The second-order valence-corrected chi connectivity index (χ2v) is 8.45. The van der Waals surface area contributed by atoms with E-state index in [9.17, 15) is 25.2 Å². The fourth-order valence-electron chi connectivity index (χ4n) is 3.25. The molecule has 12 nitrogen and oxygen atoms in total. The number of fused-ring (bicyclic) bond motifs is 1. The van der Waals surface area contributed by atoms with Gasteiger partial charge in [-0.15, -0.1) is 0 Å². The molecule has 3 aromatic rings. The maximum Gasteiger partial charge on any atom is 0.280 e. The minimum absolute atomic E-state index is 0.103. The summed E-state index contributed by atoms with van der Waals surface area (Å²) < 4.78 is 8.00. The lowest BCUT2D eigenvalue weighted by Gasteiger charge is -2.14. The molecule has 0 radical (unpaired) electrons. The van der Waals surface area contributed by atoms with E-state index in [2.05, 4.69) is 57.7 Å². The molecule has 0 spiro atoms. The average molecular weight is 562 g/mol. The molecule has 2 aromatic heterocycles. The van der Waals surface area contributed by atoms with Crippen molar-refractivity contribution in [2.24, 2.45) is 0 Å². The minimum atomic E-state index is -0.840. The SMILES string of the molecule is O=c1[nH]c(NNCc2cc(O)c(O)c(Br)c2Br)nc2c1ncn2[C@H]1C[C@H](O)[C@@H](CO)O1. The van der Waals surface area contributed by atoms with Gasteiger partial charge >= 0.3 is 0 Å². The number of hydrazine groups is 1. The number of phenols is 2. The molecule has 3 atom stereocenters. The smallest absolute Gasteiger partial charge is 0.280 e. The van der Waals surface area contributed by atoms with Gasteiger partial charge < -0.3 is 25.2 Å². The van der Waals surface area contributed by atoms with Crippen molar-refractivity contribution in [3.05, 3.63) is 37.3 Å². The van der Waals surface area contributed by atoms with Gasteiger partial charge in [0, 0.05) is 17.4 Å². The molecule has 1 aromatic carbocycles. The van der Waals surface area contributed by atoms with Gasteiger partial charge in [-0.2, -0.15) is 4.98 Å². The molecule has 4 rings (SSSR count). The first-order chi connectivity index (χ1) is 14.8. The summed E-state index contributed by atoms with van der Waals surface area (Å²) in [5.41, 5.74) is 6.13. The van der Waals surface area contributed by atoms with Crippen LogP contribution in [0.3, 0.4) is 0 Å². The molecule has 1 saturated heterocycles. The molecule has 31 heavy (non-hydrogen) atoms. The lowest BCUT2D eigenvalue weighted by atomic mass is 10.2. The highest BCUT2D eigenvalue weighted by Gasteiger charge is 2.35. The number of rotatable bonds is 6. The van der Waals surface area contributed by atoms with E-state index < -0.39 is 24.0 Å². The summed E-state index contributed by atoms with van der Waals surface area (Å²) in [5, 5.41) is 38.8. The Balaban J connectivity index is 1.54. The van der Waals surface area contributed by atoms with Crippen LogP contribution < -0.4 is 16.4 Å². The Morgan fingerprint density at radius 3 is 2.81 bits per heavy atom. The number of aromatic nitrogens is 4. The normalized spacial score (nSPS) is 21.1. The highest BCUT2D eigenvalue weighted by Crippen LogP contribution is 2.41. The highest BCUT2D eigenvalue weighted by molar-refractivity contribution is 9.13. The van der Waals surface area contributed by atoms with Crippen molar-refractivity contribution in [3.63, 3.8) is 0 Å². The molecule has 0 amide bonds. The van der Waals surface area contributed by atoms with E-state index in [0.29, 0.717) is 14.5 Å². The molecule has 0 saturated carbocycles. The van der Waals surface area contributed by atoms with E-state index in [1.165, 1.54) is 17.0 Å². The predicted octanol–water partition coefficient (Wildman–Crippen LogP) is 0.813. The van der Waals surface area contributed by atoms with Crippen LogP contribution in [0.2, 0.25) is 0 Å². The molecule has 7 N–H and O–H groups in total. The number of phenolic OH excluding ortho intramolecular Hbond substituents is 2. The molecule has 3 heterocycles. The number of hydrogen-bond acceptors (Lipinski definition) is 10. The molecular formula is C17H18Br2N6O6. The number of ether oxygens (including phenoxy) is 1. The first-order valence-electron chi connectivity index (χ1n) is 9.09. The fourth-order valence-corrected chi connectivity index (χ4v) is 4.15. The van der Waals surface area contributed by atoms with Crippen molar-refractivity contribution in [3.8, 4) is 11.5 Å². The number of imidazole rings is 1. The Hall–Kier alpha value is -2.23. The Labute approximate surface area is 191 Å². The summed E-state index contributed by atoms with van der Waals surface area (Å²) in [4.78, 5) is 23.4. The van der Waals surface area contributed by atoms with Crippen LogP contribution in [0.25, 0.3) is 11.2 Å². The van der Waals surface area contributed by atoms with Crippen LogP contribution in [-0.2, 0) is 11.3 Å². The van der Waals surface area contributed by atoms with E-state index >= 15 is 0 Å². The van der Waals surface area contributed by atoms with Gasteiger partial charge in [0.05, 0.1) is 23.5 Å². The first-order valence-corrected chi connectivity index (χ1v) is 10.7. The molecule has 0 aliphatic carbocycles. The molecule has 1 fully saturated rings. The summed E-state index contributed by atoms with van der Waals surface area (Å²) in [6, 6.07) is 1.38. The van der Waals surface area contributed by atoms with Gasteiger partial charge in [0.1, 0.15) is 12.3 Å². The number of aliphatic hydroxyl groups is 2. The summed E-state index contributed by atoms with van der Waals surface area (Å²) in [6.07, 6.45) is -0.564. The Bertz CT molecular complexity index is 1180. The number of nitrogens with one attached hydrogen (secondary N) is 3. The van der Waals surface area contributed by atoms with Gasteiger partial charge in [-0.05, 0) is 43.5 Å². The summed E-state index contributed by atoms with van der Waals surface area (Å²) >= 11 is 6.51. The van der Waals surface area contributed by atoms with Crippen molar-refractivity contribution in [1.29, 1.82) is 0 Å². The number of hydrogen-bond donors (Lipinski definition) is 7. The maximum atomic E-state index is 12.4. The van der Waals surface area contributed by atoms with E-state index in [-0.39, 0.29) is 48.2 Å². The zero-order valence-corrected chi connectivity index (χ0v) is 18.9. The summed E-state index contributed by atoms with van der Waals surface area (Å²) in [6.45, 7) is -0.127. The van der Waals surface area contributed by atoms with Gasteiger partial charge in [-0.1, -0.05) is 0 Å². The van der Waals surface area contributed by atoms with Crippen LogP contribution in [0.5, 0.6) is 11.5 Å². The van der Waals surface area contributed by atoms with E-state index in [1.807, 2.05) is 0 Å². The number of aliphatic hydroxyl groups excluding tert-OH is 2. The fraction of sp³-hybridized carbons (Fsp3) is 0.353. The second kappa shape index (κ2) is 8.72. The topological polar surface area (TPSA) is 178 Å². The van der Waals surface area contributed by atoms with Crippen LogP contribution >= 0.6 is 31.9 Å². The largest absolute Gasteiger partial charge is 0.504 e. The van der Waals surface area contributed by atoms with Gasteiger partial charge in [0.15, 0.2) is 22.7 Å². The van der Waals surface area contributed by atoms with Crippen molar-refractivity contribution in [1.82, 2.24) is 24.9 Å². The molecular weight excluding hydrogens is 544 g/mol. The standard InChI is InChI=1S/C17H18Br2N6O6/c18-11-6(1-8(28)14(29)12(11)19)3-21-24-17-22-15-13(16(30)23-17)20-5-25(15)10-2-7(27)9(4-26)31-10/h1,5,7,9-10,21,26-29H,2-4H2,(H2,22,23,24,30)/t7-,9+,10+/m0/s1. The monoisotopic (exact) mass is 560 g/mol. The number of benzene rings is 1. The van der Waals surface area contributed by atoms with Gasteiger partial charge in [0.2, 0.25) is 5.95 Å². The Morgan fingerprint density at radius 1 is 1.32 bits per heavy atom.